The summed E-state index contributed by atoms with van der Waals surface area (Å²) < 4.78 is 11.6. The standard InChI is InChI=1S/C21H16Cl2N2O3/c1-2-3-16-20(21-14-10-17(26)15(23)11-19(14)28-25-21)18(8-9-24-16)27-13-6-4-12(22)5-7-13/h4-11,26H,2-3H2,1H3. The zero-order valence-corrected chi connectivity index (χ0v) is 16.5. The van der Waals surface area contributed by atoms with Crippen LogP contribution in [0.5, 0.6) is 17.2 Å². The van der Waals surface area contributed by atoms with E-state index in [4.69, 9.17) is 32.5 Å². The number of phenols is 1. The highest BCUT2D eigenvalue weighted by atomic mass is 35.5. The summed E-state index contributed by atoms with van der Waals surface area (Å²) in [4.78, 5) is 4.52. The van der Waals surface area contributed by atoms with Crippen LogP contribution in [0.25, 0.3) is 22.2 Å². The summed E-state index contributed by atoms with van der Waals surface area (Å²) in [5.41, 5.74) is 2.57. The molecule has 0 amide bonds. The molecule has 1 N–H and O–H groups in total. The van der Waals surface area contributed by atoms with Crippen molar-refractivity contribution in [1.82, 2.24) is 10.1 Å². The first-order valence-electron chi connectivity index (χ1n) is 8.76. The second-order valence-electron chi connectivity index (χ2n) is 6.27. The third-order valence-corrected chi connectivity index (χ3v) is 4.85. The van der Waals surface area contributed by atoms with Crippen molar-refractivity contribution in [3.63, 3.8) is 0 Å². The minimum atomic E-state index is -0.0419. The van der Waals surface area contributed by atoms with Crippen LogP contribution in [0.4, 0.5) is 0 Å². The van der Waals surface area contributed by atoms with Gasteiger partial charge in [0, 0.05) is 17.3 Å². The van der Waals surface area contributed by atoms with E-state index in [0.717, 1.165) is 24.1 Å². The Morgan fingerprint density at radius 2 is 1.89 bits per heavy atom. The van der Waals surface area contributed by atoms with Gasteiger partial charge in [-0.05, 0) is 42.8 Å². The highest BCUT2D eigenvalue weighted by Crippen LogP contribution is 2.41. The van der Waals surface area contributed by atoms with Crippen LogP contribution in [-0.4, -0.2) is 15.2 Å². The van der Waals surface area contributed by atoms with Gasteiger partial charge in [-0.3, -0.25) is 4.98 Å². The van der Waals surface area contributed by atoms with Crippen LogP contribution in [0.1, 0.15) is 19.0 Å². The van der Waals surface area contributed by atoms with Crippen LogP contribution in [0.2, 0.25) is 10.0 Å². The highest BCUT2D eigenvalue weighted by molar-refractivity contribution is 6.32. The first kappa shape index (κ1) is 18.6. The van der Waals surface area contributed by atoms with E-state index in [1.807, 2.05) is 0 Å². The largest absolute Gasteiger partial charge is 0.506 e. The zero-order chi connectivity index (χ0) is 19.7. The van der Waals surface area contributed by atoms with Crippen molar-refractivity contribution < 1.29 is 14.4 Å². The Kier molecular flexibility index (Phi) is 5.11. The summed E-state index contributed by atoms with van der Waals surface area (Å²) in [6.07, 6.45) is 3.34. The van der Waals surface area contributed by atoms with Gasteiger partial charge in [-0.25, -0.2) is 0 Å². The summed E-state index contributed by atoms with van der Waals surface area (Å²) in [5.74, 6) is 1.18. The summed E-state index contributed by atoms with van der Waals surface area (Å²) in [6.45, 7) is 2.07. The van der Waals surface area contributed by atoms with Gasteiger partial charge in [0.25, 0.3) is 0 Å². The summed E-state index contributed by atoms with van der Waals surface area (Å²) >= 11 is 12.0. The van der Waals surface area contributed by atoms with Crippen molar-refractivity contribution in [2.45, 2.75) is 19.8 Å². The van der Waals surface area contributed by atoms with Gasteiger partial charge in [0.1, 0.15) is 22.9 Å². The molecule has 28 heavy (non-hydrogen) atoms. The molecule has 0 aliphatic heterocycles. The Bertz CT molecular complexity index is 1140. The molecule has 2 heterocycles. The van der Waals surface area contributed by atoms with Crippen LogP contribution in [0.15, 0.2) is 53.2 Å². The number of fused-ring (bicyclic) bond motifs is 1. The lowest BCUT2D eigenvalue weighted by Crippen LogP contribution is -1.98. The average molecular weight is 415 g/mol. The van der Waals surface area contributed by atoms with Crippen molar-refractivity contribution in [2.24, 2.45) is 0 Å². The van der Waals surface area contributed by atoms with Gasteiger partial charge in [0.15, 0.2) is 5.58 Å². The fraction of sp³-hybridized carbons (Fsp3) is 0.143. The van der Waals surface area contributed by atoms with E-state index < -0.39 is 0 Å². The molecule has 2 aromatic carbocycles. The Balaban J connectivity index is 1.89. The normalized spacial score (nSPS) is 11.1. The molecule has 0 aliphatic carbocycles. The molecule has 0 aliphatic rings. The smallest absolute Gasteiger partial charge is 0.169 e. The second kappa shape index (κ2) is 7.70. The highest BCUT2D eigenvalue weighted by Gasteiger charge is 2.21. The average Bonchev–Trinajstić information content (AvgIpc) is 3.07. The molecule has 0 unspecified atom stereocenters. The molecule has 0 spiro atoms. The van der Waals surface area contributed by atoms with Crippen LogP contribution in [0.3, 0.4) is 0 Å². The summed E-state index contributed by atoms with van der Waals surface area (Å²) in [7, 11) is 0. The van der Waals surface area contributed by atoms with Crippen LogP contribution in [0, 0.1) is 0 Å². The lowest BCUT2D eigenvalue weighted by atomic mass is 10.0. The number of halogens is 2. The lowest BCUT2D eigenvalue weighted by Gasteiger charge is -2.13. The van der Waals surface area contributed by atoms with Gasteiger partial charge in [-0.1, -0.05) is 41.7 Å². The number of aromatic hydroxyl groups is 1. The monoisotopic (exact) mass is 414 g/mol. The maximum absolute atomic E-state index is 10.0. The van der Waals surface area contributed by atoms with Crippen LogP contribution >= 0.6 is 23.2 Å². The van der Waals surface area contributed by atoms with E-state index in [2.05, 4.69) is 17.1 Å². The Hall–Kier alpha value is -2.76. The molecule has 142 valence electrons. The number of nitrogens with zero attached hydrogens (tertiary/aromatic N) is 2. The molecule has 0 fully saturated rings. The molecule has 0 saturated carbocycles. The first-order valence-corrected chi connectivity index (χ1v) is 9.52. The Morgan fingerprint density at radius 1 is 1.11 bits per heavy atom. The molecule has 7 heteroatoms. The van der Waals surface area contributed by atoms with E-state index >= 15 is 0 Å². The zero-order valence-electron chi connectivity index (χ0n) is 14.9. The molecule has 5 nitrogen and oxygen atoms in total. The number of phenolic OH excluding ortho intramolecular Hbond substituents is 1. The number of benzene rings is 2. The molecule has 4 rings (SSSR count). The third-order valence-electron chi connectivity index (χ3n) is 4.30. The van der Waals surface area contributed by atoms with E-state index in [-0.39, 0.29) is 10.8 Å². The Morgan fingerprint density at radius 3 is 2.64 bits per heavy atom. The molecule has 0 bridgehead atoms. The van der Waals surface area contributed by atoms with E-state index in [1.165, 1.54) is 12.1 Å². The number of aromatic nitrogens is 2. The predicted octanol–water partition coefficient (Wildman–Crippen LogP) is 6.65. The van der Waals surface area contributed by atoms with Crippen molar-refractivity contribution in [1.29, 1.82) is 0 Å². The SMILES string of the molecule is CCCc1nccc(Oc2ccc(Cl)cc2)c1-c1noc2cc(Cl)c(O)cc12. The second-order valence-corrected chi connectivity index (χ2v) is 7.11. The number of pyridine rings is 1. The maximum atomic E-state index is 10.0. The van der Waals surface area contributed by atoms with Crippen LogP contribution < -0.4 is 4.74 Å². The van der Waals surface area contributed by atoms with Gasteiger partial charge in [0.05, 0.1) is 21.7 Å². The Labute approximate surface area is 171 Å². The minimum absolute atomic E-state index is 0.0419. The van der Waals surface area contributed by atoms with Crippen molar-refractivity contribution in [2.75, 3.05) is 0 Å². The summed E-state index contributed by atoms with van der Waals surface area (Å²) in [6, 6.07) is 12.0. The lowest BCUT2D eigenvalue weighted by molar-refractivity contribution is 0.455. The fourth-order valence-electron chi connectivity index (χ4n) is 3.01. The van der Waals surface area contributed by atoms with Gasteiger partial charge >= 0.3 is 0 Å². The number of rotatable bonds is 5. The maximum Gasteiger partial charge on any atom is 0.169 e. The minimum Gasteiger partial charge on any atom is -0.506 e. The van der Waals surface area contributed by atoms with Crippen molar-refractivity contribution >= 4 is 34.2 Å². The molecular formula is C21H16Cl2N2O3. The first-order chi connectivity index (χ1) is 13.6. The molecule has 0 atom stereocenters. The van der Waals surface area contributed by atoms with Gasteiger partial charge in [-0.15, -0.1) is 0 Å². The number of hydrogen-bond acceptors (Lipinski definition) is 5. The fourth-order valence-corrected chi connectivity index (χ4v) is 3.29. The number of ether oxygens (including phenoxy) is 1. The van der Waals surface area contributed by atoms with Crippen LogP contribution in [-0.2, 0) is 6.42 Å². The number of aryl methyl sites for hydroxylation is 1. The van der Waals surface area contributed by atoms with Gasteiger partial charge in [-0.2, -0.15) is 0 Å². The predicted molar refractivity (Wildman–Crippen MR) is 109 cm³/mol. The number of hydrogen-bond donors (Lipinski definition) is 1. The molecule has 0 saturated heterocycles. The van der Waals surface area contributed by atoms with E-state index in [0.29, 0.717) is 33.2 Å². The molecule has 4 aromatic rings. The molecule has 2 aromatic heterocycles. The topological polar surface area (TPSA) is 68.4 Å². The quantitative estimate of drug-likeness (QED) is 0.395. The molecule has 0 radical (unpaired) electrons. The third kappa shape index (κ3) is 3.51. The van der Waals surface area contributed by atoms with Gasteiger partial charge < -0.3 is 14.4 Å². The van der Waals surface area contributed by atoms with Crippen molar-refractivity contribution in [3.8, 4) is 28.5 Å². The van der Waals surface area contributed by atoms with Gasteiger partial charge in [0.2, 0.25) is 0 Å². The van der Waals surface area contributed by atoms with E-state index in [9.17, 15) is 5.11 Å². The molecular weight excluding hydrogens is 399 g/mol. The van der Waals surface area contributed by atoms with Crippen molar-refractivity contribution in [3.05, 3.63) is 64.4 Å². The summed E-state index contributed by atoms with van der Waals surface area (Å²) in [5, 5.41) is 15.7. The van der Waals surface area contributed by atoms with E-state index in [1.54, 1.807) is 36.5 Å².